The van der Waals surface area contributed by atoms with Crippen LogP contribution in [0.15, 0.2) is 24.3 Å². The number of nitrogens with zero attached hydrogens (tertiary/aromatic N) is 2. The lowest BCUT2D eigenvalue weighted by molar-refractivity contribution is 0.0947. The predicted molar refractivity (Wildman–Crippen MR) is 87.5 cm³/mol. The van der Waals surface area contributed by atoms with Gasteiger partial charge in [-0.3, -0.25) is 4.79 Å². The molecule has 0 aromatic heterocycles. The molecule has 4 heteroatoms. The molecule has 1 aliphatic heterocycles. The summed E-state index contributed by atoms with van der Waals surface area (Å²) >= 11 is 0. The molecule has 1 fully saturated rings. The lowest BCUT2D eigenvalue weighted by Gasteiger charge is -2.34. The highest BCUT2D eigenvalue weighted by atomic mass is 16.1. The van der Waals surface area contributed by atoms with Gasteiger partial charge in [0.05, 0.1) is 11.6 Å². The van der Waals surface area contributed by atoms with E-state index in [9.17, 15) is 4.79 Å². The number of carbonyl (C=O) groups is 1. The summed E-state index contributed by atoms with van der Waals surface area (Å²) in [6.45, 7) is 8.67. The molecular formula is C18H25N3O. The molecule has 1 aromatic rings. The number of nitrogens with one attached hydrogen (secondary N) is 1. The van der Waals surface area contributed by atoms with Gasteiger partial charge in [0.25, 0.3) is 5.91 Å². The second kappa shape index (κ2) is 7.95. The molecule has 1 heterocycles. The smallest absolute Gasteiger partial charge is 0.251 e. The molecule has 22 heavy (non-hydrogen) atoms. The molecular weight excluding hydrogens is 274 g/mol. The normalized spacial score (nSPS) is 22.0. The molecule has 0 radical (unpaired) electrons. The lowest BCUT2D eigenvalue weighted by Crippen LogP contribution is -2.40. The topological polar surface area (TPSA) is 56.1 Å². The highest BCUT2D eigenvalue weighted by Gasteiger charge is 2.21. The Kier molecular flexibility index (Phi) is 5.97. The second-order valence-corrected chi connectivity index (χ2v) is 6.51. The van der Waals surface area contributed by atoms with Crippen LogP contribution in [0.4, 0.5) is 0 Å². The van der Waals surface area contributed by atoms with E-state index < -0.39 is 0 Å². The van der Waals surface area contributed by atoms with Crippen LogP contribution < -0.4 is 5.32 Å². The molecule has 0 spiro atoms. The maximum Gasteiger partial charge on any atom is 0.251 e. The third-order valence-electron chi connectivity index (χ3n) is 4.14. The van der Waals surface area contributed by atoms with Crippen molar-refractivity contribution in [3.05, 3.63) is 35.4 Å². The fraction of sp³-hybridized carbons (Fsp3) is 0.556. The first kappa shape index (κ1) is 16.5. The molecule has 2 rings (SSSR count). The number of nitriles is 1. The zero-order valence-electron chi connectivity index (χ0n) is 13.5. The first-order valence-corrected chi connectivity index (χ1v) is 8.09. The molecule has 1 saturated heterocycles. The molecule has 4 nitrogen and oxygen atoms in total. The van der Waals surface area contributed by atoms with Crippen LogP contribution >= 0.6 is 0 Å². The Morgan fingerprint density at radius 3 is 2.77 bits per heavy atom. The number of benzene rings is 1. The van der Waals surface area contributed by atoms with E-state index in [0.29, 0.717) is 17.7 Å². The van der Waals surface area contributed by atoms with Crippen molar-refractivity contribution in [2.45, 2.75) is 26.7 Å². The molecule has 118 valence electrons. The number of rotatable bonds is 5. The van der Waals surface area contributed by atoms with E-state index in [1.807, 2.05) is 0 Å². The number of hydrogen-bond acceptors (Lipinski definition) is 3. The van der Waals surface area contributed by atoms with Crippen LogP contribution in [0.1, 0.15) is 42.6 Å². The minimum Gasteiger partial charge on any atom is -0.352 e. The summed E-state index contributed by atoms with van der Waals surface area (Å²) in [6.07, 6.45) is 2.28. The summed E-state index contributed by atoms with van der Waals surface area (Å²) < 4.78 is 0. The Morgan fingerprint density at radius 2 is 2.09 bits per heavy atom. The largest absolute Gasteiger partial charge is 0.352 e. The van der Waals surface area contributed by atoms with Gasteiger partial charge in [0.15, 0.2) is 0 Å². The molecule has 1 amide bonds. The van der Waals surface area contributed by atoms with Gasteiger partial charge in [-0.05, 0) is 49.4 Å². The number of carbonyl (C=O) groups excluding carboxylic acids is 1. The molecule has 0 saturated carbocycles. The van der Waals surface area contributed by atoms with Gasteiger partial charge in [-0.2, -0.15) is 5.26 Å². The van der Waals surface area contributed by atoms with Crippen LogP contribution in [0, 0.1) is 23.2 Å². The summed E-state index contributed by atoms with van der Waals surface area (Å²) in [5.41, 5.74) is 1.07. The zero-order chi connectivity index (χ0) is 15.9. The van der Waals surface area contributed by atoms with E-state index in [1.165, 1.54) is 19.5 Å². The first-order valence-electron chi connectivity index (χ1n) is 8.09. The monoisotopic (exact) mass is 299 g/mol. The summed E-state index contributed by atoms with van der Waals surface area (Å²) in [5.74, 6) is 1.44. The van der Waals surface area contributed by atoms with E-state index >= 15 is 0 Å². The molecule has 0 bridgehead atoms. The van der Waals surface area contributed by atoms with Crippen molar-refractivity contribution in [2.24, 2.45) is 11.8 Å². The van der Waals surface area contributed by atoms with Gasteiger partial charge in [0.2, 0.25) is 0 Å². The maximum atomic E-state index is 12.0. The van der Waals surface area contributed by atoms with Crippen molar-refractivity contribution in [3.8, 4) is 6.07 Å². The average Bonchev–Trinajstić information content (AvgIpc) is 2.50. The van der Waals surface area contributed by atoms with Crippen LogP contribution in [0.2, 0.25) is 0 Å². The van der Waals surface area contributed by atoms with Crippen molar-refractivity contribution in [3.63, 3.8) is 0 Å². The highest BCUT2D eigenvalue weighted by molar-refractivity contribution is 5.94. The fourth-order valence-electron chi connectivity index (χ4n) is 3.31. The van der Waals surface area contributed by atoms with Gasteiger partial charge in [-0.1, -0.05) is 19.9 Å². The number of piperidine rings is 1. The zero-order valence-corrected chi connectivity index (χ0v) is 13.5. The van der Waals surface area contributed by atoms with Crippen LogP contribution in [0.25, 0.3) is 0 Å². The third kappa shape index (κ3) is 4.85. The number of hydrogen-bond donors (Lipinski definition) is 1. The summed E-state index contributed by atoms with van der Waals surface area (Å²) in [7, 11) is 0. The SMILES string of the molecule is CC1CC(C)CN(CCCNC(=O)c2cccc(C#N)c2)C1. The predicted octanol–water partition coefficient (Wildman–Crippen LogP) is 2.66. The maximum absolute atomic E-state index is 12.0. The highest BCUT2D eigenvalue weighted by Crippen LogP contribution is 2.20. The summed E-state index contributed by atoms with van der Waals surface area (Å²) in [5, 5.41) is 11.8. The lowest BCUT2D eigenvalue weighted by atomic mass is 9.92. The van der Waals surface area contributed by atoms with E-state index in [2.05, 4.69) is 30.1 Å². The molecule has 2 atom stereocenters. The Balaban J connectivity index is 1.72. The van der Waals surface area contributed by atoms with Gasteiger partial charge in [0, 0.05) is 25.2 Å². The first-order chi connectivity index (χ1) is 10.6. The molecule has 2 unspecified atom stereocenters. The van der Waals surface area contributed by atoms with Crippen LogP contribution in [0.5, 0.6) is 0 Å². The standard InChI is InChI=1S/C18H25N3O/c1-14-9-15(2)13-21(12-14)8-4-7-20-18(22)17-6-3-5-16(10-17)11-19/h3,5-6,10,14-15H,4,7-9,12-13H2,1-2H3,(H,20,22). The molecule has 1 N–H and O–H groups in total. The summed E-state index contributed by atoms with van der Waals surface area (Å²) in [6, 6.07) is 8.87. The minimum absolute atomic E-state index is 0.0996. The van der Waals surface area contributed by atoms with Crippen molar-refractivity contribution >= 4 is 5.91 Å². The second-order valence-electron chi connectivity index (χ2n) is 6.51. The Bertz CT molecular complexity index is 540. The Morgan fingerprint density at radius 1 is 1.36 bits per heavy atom. The van der Waals surface area contributed by atoms with Crippen LogP contribution in [0.3, 0.4) is 0 Å². The van der Waals surface area contributed by atoms with E-state index in [0.717, 1.165) is 24.8 Å². The van der Waals surface area contributed by atoms with Crippen molar-refractivity contribution < 1.29 is 4.79 Å². The van der Waals surface area contributed by atoms with Crippen molar-refractivity contribution in [1.82, 2.24) is 10.2 Å². The van der Waals surface area contributed by atoms with Gasteiger partial charge in [-0.25, -0.2) is 0 Å². The van der Waals surface area contributed by atoms with E-state index in [-0.39, 0.29) is 5.91 Å². The number of amides is 1. The Hall–Kier alpha value is -1.86. The average molecular weight is 299 g/mol. The fourth-order valence-corrected chi connectivity index (χ4v) is 3.31. The molecule has 1 aromatic carbocycles. The molecule has 0 aliphatic carbocycles. The van der Waals surface area contributed by atoms with Crippen molar-refractivity contribution in [1.29, 1.82) is 5.26 Å². The van der Waals surface area contributed by atoms with E-state index in [4.69, 9.17) is 5.26 Å². The van der Waals surface area contributed by atoms with Crippen LogP contribution in [-0.2, 0) is 0 Å². The molecule has 1 aliphatic rings. The summed E-state index contributed by atoms with van der Waals surface area (Å²) in [4.78, 5) is 14.5. The minimum atomic E-state index is -0.0996. The van der Waals surface area contributed by atoms with Gasteiger partial charge < -0.3 is 10.2 Å². The quantitative estimate of drug-likeness (QED) is 0.850. The van der Waals surface area contributed by atoms with Gasteiger partial charge in [0.1, 0.15) is 0 Å². The number of likely N-dealkylation sites (tertiary alicyclic amines) is 1. The van der Waals surface area contributed by atoms with Gasteiger partial charge in [-0.15, -0.1) is 0 Å². The van der Waals surface area contributed by atoms with Gasteiger partial charge >= 0.3 is 0 Å². The Labute approximate surface area is 133 Å². The van der Waals surface area contributed by atoms with Crippen molar-refractivity contribution in [2.75, 3.05) is 26.2 Å². The van der Waals surface area contributed by atoms with E-state index in [1.54, 1.807) is 24.3 Å². The third-order valence-corrected chi connectivity index (χ3v) is 4.14. The van der Waals surface area contributed by atoms with Crippen LogP contribution in [-0.4, -0.2) is 37.0 Å².